The number of alkyl halides is 3. The molecule has 4 rings (SSSR count). The van der Waals surface area contributed by atoms with Crippen LogP contribution in [0.4, 0.5) is 24.7 Å². The largest absolute Gasteiger partial charge is 0.465 e. The molecule has 0 spiro atoms. The number of rotatable bonds is 10. The fourth-order valence-electron chi connectivity index (χ4n) is 4.68. The summed E-state index contributed by atoms with van der Waals surface area (Å²) in [4.78, 5) is 68.0. The Labute approximate surface area is 262 Å². The van der Waals surface area contributed by atoms with E-state index in [1.165, 1.54) is 30.6 Å². The van der Waals surface area contributed by atoms with Gasteiger partial charge >= 0.3 is 12.1 Å². The van der Waals surface area contributed by atoms with Gasteiger partial charge in [-0.05, 0) is 38.8 Å². The van der Waals surface area contributed by atoms with Gasteiger partial charge in [0.25, 0.3) is 5.69 Å². The molecule has 2 aromatic heterocycles. The minimum Gasteiger partial charge on any atom is -0.465 e. The van der Waals surface area contributed by atoms with E-state index >= 15 is 0 Å². The summed E-state index contributed by atoms with van der Waals surface area (Å²) in [5, 5.41) is 18.8. The summed E-state index contributed by atoms with van der Waals surface area (Å²) in [5.74, 6) is -5.54. The van der Waals surface area contributed by atoms with Crippen LogP contribution in [-0.4, -0.2) is 67.9 Å². The van der Waals surface area contributed by atoms with Crippen molar-refractivity contribution in [2.24, 2.45) is 5.92 Å². The van der Waals surface area contributed by atoms with Crippen molar-refractivity contribution >= 4 is 58.0 Å². The fourth-order valence-corrected chi connectivity index (χ4v) is 5.87. The number of thiazole rings is 1. The first-order chi connectivity index (χ1) is 21.2. The number of hydrogen-bond acceptors (Lipinski definition) is 10. The van der Waals surface area contributed by atoms with Crippen LogP contribution in [0, 0.1) is 23.0 Å². The molecule has 1 fully saturated rings. The highest BCUT2D eigenvalue weighted by Gasteiger charge is 2.38. The Morgan fingerprint density at radius 3 is 2.49 bits per heavy atom. The van der Waals surface area contributed by atoms with Gasteiger partial charge in [-0.1, -0.05) is 11.6 Å². The van der Waals surface area contributed by atoms with E-state index in [-0.39, 0.29) is 52.8 Å². The Hall–Kier alpha value is -4.38. The van der Waals surface area contributed by atoms with Gasteiger partial charge in [0.1, 0.15) is 12.4 Å². The van der Waals surface area contributed by atoms with Crippen LogP contribution >= 0.6 is 22.9 Å². The van der Waals surface area contributed by atoms with Gasteiger partial charge in [-0.3, -0.25) is 34.0 Å². The predicted octanol–water partition coefficient (Wildman–Crippen LogP) is 4.64. The van der Waals surface area contributed by atoms with E-state index in [2.05, 4.69) is 15.4 Å². The molecule has 13 nitrogen and oxygen atoms in total. The minimum absolute atomic E-state index is 0.0741. The zero-order valence-electron chi connectivity index (χ0n) is 23.8. The number of carbonyl (C=O) groups is 4. The number of aromatic nitrogens is 3. The molecule has 1 aliphatic heterocycles. The van der Waals surface area contributed by atoms with E-state index in [1.54, 1.807) is 4.90 Å². The number of aryl methyl sites for hydroxylation is 1. The SMILES string of the molecule is CCOC(=O)C(C(=O)Nc1csc(C2CCN(C(=O)Cn3nc(C(F)(F)F)cc3C)CC2)n1)C(=O)c1ccc([N+](=O)[O-])cc1Cl. The van der Waals surface area contributed by atoms with Gasteiger partial charge < -0.3 is 15.0 Å². The number of nitro benzene ring substituents is 1. The Morgan fingerprint density at radius 2 is 1.91 bits per heavy atom. The second-order valence-electron chi connectivity index (χ2n) is 10.0. The quantitative estimate of drug-likeness (QED) is 0.106. The molecule has 1 saturated heterocycles. The molecule has 1 unspecified atom stereocenters. The van der Waals surface area contributed by atoms with Gasteiger partial charge in [0.2, 0.25) is 11.8 Å². The number of carbonyl (C=O) groups excluding carboxylic acids is 4. The topological polar surface area (TPSA) is 167 Å². The zero-order valence-corrected chi connectivity index (χ0v) is 25.4. The third-order valence-electron chi connectivity index (χ3n) is 7.00. The van der Waals surface area contributed by atoms with Gasteiger partial charge in [0.05, 0.1) is 21.6 Å². The number of anilines is 1. The first-order valence-corrected chi connectivity index (χ1v) is 14.8. The van der Waals surface area contributed by atoms with Crippen molar-refractivity contribution in [3.63, 3.8) is 0 Å². The maximum atomic E-state index is 13.2. The molecule has 1 aliphatic rings. The van der Waals surface area contributed by atoms with Crippen molar-refractivity contribution < 1.29 is 42.0 Å². The van der Waals surface area contributed by atoms with Gasteiger partial charge in [0.15, 0.2) is 17.4 Å². The van der Waals surface area contributed by atoms with Crippen molar-refractivity contribution in [1.29, 1.82) is 0 Å². The molecule has 1 N–H and O–H groups in total. The van der Waals surface area contributed by atoms with Crippen molar-refractivity contribution in [3.05, 3.63) is 66.7 Å². The molecule has 45 heavy (non-hydrogen) atoms. The van der Waals surface area contributed by atoms with E-state index in [4.69, 9.17) is 16.3 Å². The van der Waals surface area contributed by atoms with Crippen LogP contribution in [0.25, 0.3) is 0 Å². The number of nitrogens with zero attached hydrogens (tertiary/aromatic N) is 5. The van der Waals surface area contributed by atoms with Crippen molar-refractivity contribution in [2.45, 2.75) is 45.3 Å². The van der Waals surface area contributed by atoms with Crippen LogP contribution < -0.4 is 5.32 Å². The molecule has 240 valence electrons. The summed E-state index contributed by atoms with van der Waals surface area (Å²) in [6.07, 6.45) is -3.61. The molecule has 3 aromatic rings. The number of likely N-dealkylation sites (tertiary alicyclic amines) is 1. The van der Waals surface area contributed by atoms with Crippen LogP contribution in [0.15, 0.2) is 29.6 Å². The zero-order chi connectivity index (χ0) is 33.1. The van der Waals surface area contributed by atoms with Crippen LogP contribution in [0.5, 0.6) is 0 Å². The van der Waals surface area contributed by atoms with E-state index in [9.17, 15) is 42.5 Å². The predicted molar refractivity (Wildman–Crippen MR) is 154 cm³/mol. The number of hydrogen-bond donors (Lipinski definition) is 1. The molecule has 1 atom stereocenters. The number of piperidine rings is 1. The lowest BCUT2D eigenvalue weighted by molar-refractivity contribution is -0.384. The number of non-ortho nitro benzene ring substituents is 1. The minimum atomic E-state index is -4.61. The lowest BCUT2D eigenvalue weighted by Crippen LogP contribution is -2.40. The van der Waals surface area contributed by atoms with Crippen LogP contribution in [0.1, 0.15) is 52.4 Å². The van der Waals surface area contributed by atoms with Crippen molar-refractivity contribution in [3.8, 4) is 0 Å². The molecule has 1 aromatic carbocycles. The average Bonchev–Trinajstić information content (AvgIpc) is 3.59. The number of nitrogens with one attached hydrogen (secondary N) is 1. The Balaban J connectivity index is 1.39. The molecule has 18 heteroatoms. The standard InChI is InChI=1S/C27H26ClF3N6O7S/c1-3-44-26(41)22(23(39)17-5-4-16(37(42)43)11-18(17)28)24(40)32-20-13-45-25(33-20)15-6-8-35(9-7-15)21(38)12-36-14(2)10-19(34-36)27(29,30)31/h4-5,10-11,13,15,22H,3,6-9,12H2,1-2H3,(H,32,40). The third-order valence-corrected chi connectivity index (χ3v) is 8.32. The average molecular weight is 671 g/mol. The lowest BCUT2D eigenvalue weighted by Gasteiger charge is -2.31. The highest BCUT2D eigenvalue weighted by atomic mass is 35.5. The summed E-state index contributed by atoms with van der Waals surface area (Å²) in [6.45, 7) is 3.13. The number of amides is 2. The number of ether oxygens (including phenoxy) is 1. The van der Waals surface area contributed by atoms with Gasteiger partial charge in [-0.15, -0.1) is 11.3 Å². The molecule has 0 saturated carbocycles. The lowest BCUT2D eigenvalue weighted by atomic mass is 9.96. The number of nitro groups is 1. The van der Waals surface area contributed by atoms with Gasteiger partial charge in [0, 0.05) is 47.8 Å². The van der Waals surface area contributed by atoms with Crippen molar-refractivity contribution in [1.82, 2.24) is 19.7 Å². The summed E-state index contributed by atoms with van der Waals surface area (Å²) in [6, 6.07) is 3.89. The molecular weight excluding hydrogens is 645 g/mol. The number of esters is 1. The number of benzene rings is 1. The van der Waals surface area contributed by atoms with E-state index in [0.29, 0.717) is 30.9 Å². The Morgan fingerprint density at radius 1 is 1.22 bits per heavy atom. The normalized spacial score (nSPS) is 14.6. The molecular formula is C27H26ClF3N6O7S. The second kappa shape index (κ2) is 13.7. The van der Waals surface area contributed by atoms with E-state index in [0.717, 1.165) is 28.9 Å². The van der Waals surface area contributed by atoms with Crippen molar-refractivity contribution in [2.75, 3.05) is 25.0 Å². The van der Waals surface area contributed by atoms with Crippen LogP contribution in [0.3, 0.4) is 0 Å². The monoisotopic (exact) mass is 670 g/mol. The third kappa shape index (κ3) is 7.83. The first-order valence-electron chi connectivity index (χ1n) is 13.5. The summed E-state index contributed by atoms with van der Waals surface area (Å²) >= 11 is 7.28. The summed E-state index contributed by atoms with van der Waals surface area (Å²) in [7, 11) is 0. The van der Waals surface area contributed by atoms with E-state index in [1.807, 2.05) is 0 Å². The molecule has 3 heterocycles. The second-order valence-corrected chi connectivity index (χ2v) is 11.3. The number of halogens is 4. The smallest absolute Gasteiger partial charge is 0.435 e. The molecule has 0 aliphatic carbocycles. The number of Topliss-reactive ketones (excluding diaryl/α,β-unsaturated/α-hetero) is 1. The number of ketones is 1. The van der Waals surface area contributed by atoms with E-state index < -0.39 is 40.4 Å². The van der Waals surface area contributed by atoms with Crippen LogP contribution in [-0.2, 0) is 31.8 Å². The maximum absolute atomic E-state index is 13.2. The Bertz CT molecular complexity index is 1630. The highest BCUT2D eigenvalue weighted by Crippen LogP contribution is 2.33. The maximum Gasteiger partial charge on any atom is 0.435 e. The van der Waals surface area contributed by atoms with Gasteiger partial charge in [-0.25, -0.2) is 4.98 Å². The highest BCUT2D eigenvalue weighted by molar-refractivity contribution is 7.10. The molecule has 0 bridgehead atoms. The summed E-state index contributed by atoms with van der Waals surface area (Å²) < 4.78 is 44.8. The van der Waals surface area contributed by atoms with Crippen LogP contribution in [0.2, 0.25) is 5.02 Å². The Kier molecular flexibility index (Phi) is 10.2. The van der Waals surface area contributed by atoms with Gasteiger partial charge in [-0.2, -0.15) is 18.3 Å². The summed E-state index contributed by atoms with van der Waals surface area (Å²) in [5.41, 5.74) is -1.51. The molecule has 0 radical (unpaired) electrons. The first kappa shape index (κ1) is 33.5. The fraction of sp³-hybridized carbons (Fsp3) is 0.407. The molecule has 2 amide bonds.